The molecule has 4 rings (SSSR count). The van der Waals surface area contributed by atoms with Crippen molar-refractivity contribution in [3.8, 4) is 0 Å². The normalized spacial score (nSPS) is 15.9. The van der Waals surface area contributed by atoms with Gasteiger partial charge in [0, 0.05) is 42.8 Å². The lowest BCUT2D eigenvalue weighted by Gasteiger charge is -2.41. The minimum Gasteiger partial charge on any atom is -0.465 e. The summed E-state index contributed by atoms with van der Waals surface area (Å²) in [5.74, 6) is -1.85. The van der Waals surface area contributed by atoms with Crippen LogP contribution in [0.2, 0.25) is 0 Å². The number of nitrogens with one attached hydrogen (secondary N) is 1. The third-order valence-electron chi connectivity index (χ3n) is 6.23. The highest BCUT2D eigenvalue weighted by Gasteiger charge is 2.36. The molecule has 8 nitrogen and oxygen atoms in total. The summed E-state index contributed by atoms with van der Waals surface area (Å²) in [6.07, 6.45) is 2.95. The Hall–Kier alpha value is -3.94. The molecule has 1 fully saturated rings. The number of hydrogen-bond donors (Lipinski definition) is 1. The second kappa shape index (κ2) is 9.91. The van der Waals surface area contributed by atoms with Gasteiger partial charge in [-0.25, -0.2) is 4.79 Å². The van der Waals surface area contributed by atoms with Gasteiger partial charge in [0.1, 0.15) is 0 Å². The zero-order valence-corrected chi connectivity index (χ0v) is 19.2. The number of Topliss-reactive ketones (excluding diaryl/α,β-unsaturated/α-hetero) is 1. The van der Waals surface area contributed by atoms with E-state index in [4.69, 9.17) is 4.74 Å². The van der Waals surface area contributed by atoms with E-state index in [0.29, 0.717) is 41.5 Å². The number of esters is 1. The van der Waals surface area contributed by atoms with Gasteiger partial charge in [-0.1, -0.05) is 43.7 Å². The van der Waals surface area contributed by atoms with E-state index in [2.05, 4.69) is 4.98 Å². The number of amides is 2. The fraction of sp³-hybridized carbons (Fsp3) is 0.308. The molecule has 2 heterocycles. The monoisotopic (exact) mass is 461 g/mol. The maximum atomic E-state index is 13.3. The SMILES string of the molecule is CCCC1CN(C(=O)c2ccccc2)CCN1C(=O)C(=O)c1c[nH]c2c(C(=O)OC)cccc12. The molecule has 2 aromatic carbocycles. The first-order valence-electron chi connectivity index (χ1n) is 11.3. The van der Waals surface area contributed by atoms with Gasteiger partial charge in [0.05, 0.1) is 23.8 Å². The molecule has 176 valence electrons. The molecule has 1 aliphatic heterocycles. The number of carbonyl (C=O) groups is 4. The molecular weight excluding hydrogens is 434 g/mol. The van der Waals surface area contributed by atoms with Crippen molar-refractivity contribution in [1.82, 2.24) is 14.8 Å². The van der Waals surface area contributed by atoms with Crippen molar-refractivity contribution in [2.75, 3.05) is 26.7 Å². The summed E-state index contributed by atoms with van der Waals surface area (Å²) in [7, 11) is 1.29. The highest BCUT2D eigenvalue weighted by Crippen LogP contribution is 2.25. The Kier molecular flexibility index (Phi) is 6.77. The van der Waals surface area contributed by atoms with E-state index in [1.165, 1.54) is 13.3 Å². The van der Waals surface area contributed by atoms with Gasteiger partial charge in [0.2, 0.25) is 0 Å². The summed E-state index contributed by atoms with van der Waals surface area (Å²) in [6, 6.07) is 13.7. The standard InChI is InChI=1S/C26H27N3O5/c1-3-8-18-16-28(24(31)17-9-5-4-6-10-17)13-14-29(18)25(32)23(30)21-15-27-22-19(21)11-7-12-20(22)26(33)34-2/h4-7,9-12,15,18,27H,3,8,13-14,16H2,1-2H3. The maximum Gasteiger partial charge on any atom is 0.339 e. The van der Waals surface area contributed by atoms with Crippen LogP contribution in [0, 0.1) is 0 Å². The van der Waals surface area contributed by atoms with Crippen LogP contribution >= 0.6 is 0 Å². The van der Waals surface area contributed by atoms with E-state index in [1.54, 1.807) is 40.1 Å². The van der Waals surface area contributed by atoms with Gasteiger partial charge in [-0.15, -0.1) is 0 Å². The lowest BCUT2D eigenvalue weighted by Crippen LogP contribution is -2.57. The van der Waals surface area contributed by atoms with E-state index in [9.17, 15) is 19.2 Å². The molecule has 1 atom stereocenters. The van der Waals surface area contributed by atoms with Crippen LogP contribution in [-0.4, -0.2) is 71.1 Å². The van der Waals surface area contributed by atoms with Crippen molar-refractivity contribution in [3.05, 3.63) is 71.4 Å². The predicted octanol–water partition coefficient (Wildman–Crippen LogP) is 3.29. The molecule has 0 saturated carbocycles. The van der Waals surface area contributed by atoms with Gasteiger partial charge in [-0.2, -0.15) is 0 Å². The van der Waals surface area contributed by atoms with Crippen LogP contribution < -0.4 is 0 Å². The van der Waals surface area contributed by atoms with Gasteiger partial charge in [-0.05, 0) is 24.6 Å². The number of carbonyl (C=O) groups excluding carboxylic acids is 4. The smallest absolute Gasteiger partial charge is 0.339 e. The molecule has 1 saturated heterocycles. The molecule has 1 unspecified atom stereocenters. The molecule has 2 amide bonds. The number of hydrogen-bond acceptors (Lipinski definition) is 5. The molecule has 1 N–H and O–H groups in total. The summed E-state index contributed by atoms with van der Waals surface area (Å²) in [5.41, 5.74) is 1.56. The van der Waals surface area contributed by atoms with Crippen molar-refractivity contribution >= 4 is 34.5 Å². The van der Waals surface area contributed by atoms with Crippen LogP contribution in [0.4, 0.5) is 0 Å². The topological polar surface area (TPSA) is 99.8 Å². The number of H-pyrrole nitrogens is 1. The predicted molar refractivity (Wildman–Crippen MR) is 127 cm³/mol. The molecule has 0 aliphatic carbocycles. The van der Waals surface area contributed by atoms with Gasteiger partial charge < -0.3 is 19.5 Å². The second-order valence-corrected chi connectivity index (χ2v) is 8.31. The minimum absolute atomic E-state index is 0.0768. The van der Waals surface area contributed by atoms with Gasteiger partial charge in [0.15, 0.2) is 0 Å². The molecule has 0 spiro atoms. The number of piperazine rings is 1. The van der Waals surface area contributed by atoms with Crippen LogP contribution in [0.25, 0.3) is 10.9 Å². The minimum atomic E-state index is -0.641. The average molecular weight is 462 g/mol. The van der Waals surface area contributed by atoms with E-state index < -0.39 is 17.7 Å². The van der Waals surface area contributed by atoms with Gasteiger partial charge >= 0.3 is 5.97 Å². The fourth-order valence-electron chi connectivity index (χ4n) is 4.52. The number of ether oxygens (including phenoxy) is 1. The van der Waals surface area contributed by atoms with Crippen LogP contribution in [0.1, 0.15) is 50.8 Å². The number of fused-ring (bicyclic) bond motifs is 1. The Morgan fingerprint density at radius 2 is 1.76 bits per heavy atom. The molecule has 3 aromatic rings. The van der Waals surface area contributed by atoms with Crippen molar-refractivity contribution in [1.29, 1.82) is 0 Å². The number of methoxy groups -OCH3 is 1. The number of benzene rings is 2. The number of aromatic nitrogens is 1. The number of rotatable bonds is 6. The third-order valence-corrected chi connectivity index (χ3v) is 6.23. The Morgan fingerprint density at radius 1 is 1.00 bits per heavy atom. The van der Waals surface area contributed by atoms with Crippen molar-refractivity contribution in [3.63, 3.8) is 0 Å². The lowest BCUT2D eigenvalue weighted by atomic mass is 10.0. The van der Waals surface area contributed by atoms with Crippen LogP contribution in [0.3, 0.4) is 0 Å². The lowest BCUT2D eigenvalue weighted by molar-refractivity contribution is -0.131. The Balaban J connectivity index is 1.56. The zero-order valence-electron chi connectivity index (χ0n) is 19.2. The molecule has 1 aromatic heterocycles. The van der Waals surface area contributed by atoms with E-state index >= 15 is 0 Å². The summed E-state index contributed by atoms with van der Waals surface area (Å²) in [5, 5.41) is 0.492. The molecule has 8 heteroatoms. The first-order chi connectivity index (χ1) is 16.5. The number of aromatic amines is 1. The highest BCUT2D eigenvalue weighted by molar-refractivity contribution is 6.45. The van der Waals surface area contributed by atoms with Crippen LogP contribution in [0.5, 0.6) is 0 Å². The molecule has 0 radical (unpaired) electrons. The van der Waals surface area contributed by atoms with Gasteiger partial charge in [-0.3, -0.25) is 14.4 Å². The van der Waals surface area contributed by atoms with E-state index in [1.807, 2.05) is 25.1 Å². The molecule has 34 heavy (non-hydrogen) atoms. The van der Waals surface area contributed by atoms with Crippen molar-refractivity contribution in [2.45, 2.75) is 25.8 Å². The molecule has 1 aliphatic rings. The summed E-state index contributed by atoms with van der Waals surface area (Å²) in [6.45, 7) is 3.02. The zero-order chi connectivity index (χ0) is 24.2. The van der Waals surface area contributed by atoms with Crippen molar-refractivity contribution in [2.24, 2.45) is 0 Å². The van der Waals surface area contributed by atoms with Crippen molar-refractivity contribution < 1.29 is 23.9 Å². The fourth-order valence-corrected chi connectivity index (χ4v) is 4.52. The summed E-state index contributed by atoms with van der Waals surface area (Å²) in [4.78, 5) is 57.8. The largest absolute Gasteiger partial charge is 0.465 e. The molecule has 0 bridgehead atoms. The molecular formula is C26H27N3O5. The number of nitrogens with zero attached hydrogens (tertiary/aromatic N) is 2. The Labute approximate surface area is 197 Å². The average Bonchev–Trinajstić information content (AvgIpc) is 3.32. The quantitative estimate of drug-likeness (QED) is 0.345. The first-order valence-corrected chi connectivity index (χ1v) is 11.3. The third kappa shape index (κ3) is 4.31. The maximum absolute atomic E-state index is 13.3. The van der Waals surface area contributed by atoms with Gasteiger partial charge in [0.25, 0.3) is 17.6 Å². The Morgan fingerprint density at radius 3 is 2.47 bits per heavy atom. The highest BCUT2D eigenvalue weighted by atomic mass is 16.5. The van der Waals surface area contributed by atoms with E-state index in [-0.39, 0.29) is 24.1 Å². The first kappa shape index (κ1) is 23.2. The number of ketones is 1. The van der Waals surface area contributed by atoms with Crippen LogP contribution in [-0.2, 0) is 9.53 Å². The number of para-hydroxylation sites is 1. The Bertz CT molecular complexity index is 1230. The summed E-state index contributed by atoms with van der Waals surface area (Å²) < 4.78 is 4.81. The van der Waals surface area contributed by atoms with Crippen LogP contribution in [0.15, 0.2) is 54.7 Å². The second-order valence-electron chi connectivity index (χ2n) is 8.31. The summed E-state index contributed by atoms with van der Waals surface area (Å²) >= 11 is 0. The van der Waals surface area contributed by atoms with E-state index in [0.717, 1.165) is 6.42 Å².